The quantitative estimate of drug-likeness (QED) is 0.470. The average molecular weight is 341 g/mol. The number of carboxylic acids is 1. The van der Waals surface area contributed by atoms with Crippen LogP contribution in [0.25, 0.3) is 6.08 Å². The molecule has 0 saturated carbocycles. The Bertz CT molecular complexity index is 509. The van der Waals surface area contributed by atoms with Crippen molar-refractivity contribution < 1.29 is 19.4 Å². The van der Waals surface area contributed by atoms with E-state index < -0.39 is 11.9 Å². The van der Waals surface area contributed by atoms with Crippen molar-refractivity contribution in [2.75, 3.05) is 11.9 Å². The highest BCUT2D eigenvalue weighted by atomic mass is 79.9. The van der Waals surface area contributed by atoms with E-state index in [2.05, 4.69) is 15.9 Å². The van der Waals surface area contributed by atoms with Gasteiger partial charge < -0.3 is 9.84 Å². The van der Waals surface area contributed by atoms with Gasteiger partial charge in [0.1, 0.15) is 0 Å². The van der Waals surface area contributed by atoms with E-state index in [1.165, 1.54) is 6.08 Å². The first-order chi connectivity index (χ1) is 9.58. The third kappa shape index (κ3) is 5.17. The first kappa shape index (κ1) is 16.4. The van der Waals surface area contributed by atoms with Gasteiger partial charge in [-0.1, -0.05) is 22.0 Å². The Morgan fingerprint density at radius 2 is 2.15 bits per heavy atom. The summed E-state index contributed by atoms with van der Waals surface area (Å²) < 4.78 is 4.94. The molecule has 1 aromatic carbocycles. The van der Waals surface area contributed by atoms with Crippen LogP contribution in [0.2, 0.25) is 0 Å². The monoisotopic (exact) mass is 340 g/mol. The summed E-state index contributed by atoms with van der Waals surface area (Å²) in [4.78, 5) is 22.3. The number of carbonyl (C=O) groups is 2. The molecule has 0 amide bonds. The maximum atomic E-state index is 11.7. The number of ether oxygens (including phenoxy) is 1. The third-order valence-corrected chi connectivity index (χ3v) is 3.20. The Morgan fingerprint density at radius 1 is 1.40 bits per heavy atom. The molecular weight excluding hydrogens is 324 g/mol. The summed E-state index contributed by atoms with van der Waals surface area (Å²) in [7, 11) is 0. The van der Waals surface area contributed by atoms with Gasteiger partial charge in [0, 0.05) is 11.4 Å². The number of halogens is 1. The van der Waals surface area contributed by atoms with Crippen LogP contribution in [0.5, 0.6) is 0 Å². The Labute approximate surface area is 126 Å². The van der Waals surface area contributed by atoms with E-state index in [1.54, 1.807) is 19.1 Å². The van der Waals surface area contributed by atoms with Gasteiger partial charge in [0.05, 0.1) is 12.2 Å². The highest BCUT2D eigenvalue weighted by Gasteiger charge is 2.09. The highest BCUT2D eigenvalue weighted by Crippen LogP contribution is 2.17. The molecule has 4 nitrogen and oxygen atoms in total. The fourth-order valence-corrected chi connectivity index (χ4v) is 2.02. The predicted molar refractivity (Wildman–Crippen MR) is 81.2 cm³/mol. The van der Waals surface area contributed by atoms with Gasteiger partial charge in [0.2, 0.25) is 0 Å². The summed E-state index contributed by atoms with van der Waals surface area (Å²) in [5.74, 6) is -1.41. The van der Waals surface area contributed by atoms with Gasteiger partial charge in [-0.25, -0.2) is 9.59 Å². The zero-order valence-corrected chi connectivity index (χ0v) is 12.9. The molecule has 0 aliphatic rings. The summed E-state index contributed by atoms with van der Waals surface area (Å²) in [5, 5.41) is 9.59. The van der Waals surface area contributed by atoms with Gasteiger partial charge in [-0.05, 0) is 49.1 Å². The molecule has 0 atom stereocenters. The van der Waals surface area contributed by atoms with E-state index in [-0.39, 0.29) is 0 Å². The minimum Gasteiger partial charge on any atom is -0.478 e. The first-order valence-electron chi connectivity index (χ1n) is 6.35. The van der Waals surface area contributed by atoms with Crippen LogP contribution in [0.1, 0.15) is 34.8 Å². The van der Waals surface area contributed by atoms with Crippen molar-refractivity contribution in [2.24, 2.45) is 0 Å². The topological polar surface area (TPSA) is 63.6 Å². The van der Waals surface area contributed by atoms with Crippen LogP contribution < -0.4 is 0 Å². The summed E-state index contributed by atoms with van der Waals surface area (Å²) in [6, 6.07) is 5.22. The zero-order chi connectivity index (χ0) is 15.0. The maximum Gasteiger partial charge on any atom is 0.338 e. The Kier molecular flexibility index (Phi) is 7.01. The number of aliphatic carboxylic acids is 1. The zero-order valence-electron chi connectivity index (χ0n) is 11.3. The molecule has 0 bridgehead atoms. The number of hydrogen-bond donors (Lipinski definition) is 1. The summed E-state index contributed by atoms with van der Waals surface area (Å²) in [6.07, 6.45) is 4.33. The molecule has 0 saturated heterocycles. The van der Waals surface area contributed by atoms with Crippen LogP contribution >= 0.6 is 15.9 Å². The van der Waals surface area contributed by atoms with Gasteiger partial charge in [0.25, 0.3) is 0 Å². The number of hydrogen-bond acceptors (Lipinski definition) is 3. The fraction of sp³-hybridized carbons (Fsp3) is 0.333. The van der Waals surface area contributed by atoms with Gasteiger partial charge in [-0.15, -0.1) is 0 Å². The van der Waals surface area contributed by atoms with E-state index in [4.69, 9.17) is 9.84 Å². The molecule has 108 valence electrons. The van der Waals surface area contributed by atoms with Gasteiger partial charge in [-0.2, -0.15) is 0 Å². The van der Waals surface area contributed by atoms with Gasteiger partial charge >= 0.3 is 11.9 Å². The molecule has 1 aromatic rings. The SMILES string of the molecule is CCOC(=O)c1ccc(CCCBr)c(/C=C/C(=O)O)c1. The van der Waals surface area contributed by atoms with Gasteiger partial charge in [0.15, 0.2) is 0 Å². The van der Waals surface area contributed by atoms with Crippen LogP contribution in [0, 0.1) is 0 Å². The molecule has 0 aromatic heterocycles. The molecule has 0 aliphatic carbocycles. The second-order valence-electron chi connectivity index (χ2n) is 4.10. The minimum absolute atomic E-state index is 0.310. The summed E-state index contributed by atoms with van der Waals surface area (Å²) in [5.41, 5.74) is 2.17. The van der Waals surface area contributed by atoms with E-state index in [9.17, 15) is 9.59 Å². The van der Waals surface area contributed by atoms with Crippen molar-refractivity contribution >= 4 is 33.9 Å². The molecule has 5 heteroatoms. The number of benzene rings is 1. The average Bonchev–Trinajstić information content (AvgIpc) is 2.43. The molecule has 0 heterocycles. The predicted octanol–water partition coefficient (Wildman–Crippen LogP) is 3.29. The lowest BCUT2D eigenvalue weighted by atomic mass is 10.00. The molecule has 1 N–H and O–H groups in total. The van der Waals surface area contributed by atoms with E-state index in [0.717, 1.165) is 35.4 Å². The van der Waals surface area contributed by atoms with Crippen LogP contribution in [0.4, 0.5) is 0 Å². The van der Waals surface area contributed by atoms with Crippen molar-refractivity contribution in [3.05, 3.63) is 41.0 Å². The molecule has 0 radical (unpaired) electrons. The van der Waals surface area contributed by atoms with Crippen molar-refractivity contribution in [1.82, 2.24) is 0 Å². The second kappa shape index (κ2) is 8.53. The number of aryl methyl sites for hydroxylation is 1. The Balaban J connectivity index is 3.07. The van der Waals surface area contributed by atoms with Crippen molar-refractivity contribution in [3.8, 4) is 0 Å². The van der Waals surface area contributed by atoms with Crippen LogP contribution in [-0.4, -0.2) is 29.0 Å². The molecule has 0 spiro atoms. The van der Waals surface area contributed by atoms with Crippen molar-refractivity contribution in [3.63, 3.8) is 0 Å². The molecule has 0 fully saturated rings. The van der Waals surface area contributed by atoms with Crippen LogP contribution in [0.15, 0.2) is 24.3 Å². The number of rotatable bonds is 7. The summed E-state index contributed by atoms with van der Waals surface area (Å²) >= 11 is 3.37. The second-order valence-corrected chi connectivity index (χ2v) is 4.89. The lowest BCUT2D eigenvalue weighted by molar-refractivity contribution is -0.131. The first-order valence-corrected chi connectivity index (χ1v) is 7.47. The van der Waals surface area contributed by atoms with Crippen molar-refractivity contribution in [2.45, 2.75) is 19.8 Å². The standard InChI is InChI=1S/C15H17BrO4/c1-2-20-15(19)13-6-5-11(4-3-9-16)12(10-13)7-8-14(17)18/h5-8,10H,2-4,9H2,1H3,(H,17,18)/b8-7+. The van der Waals surface area contributed by atoms with Crippen LogP contribution in [0.3, 0.4) is 0 Å². The molecule has 0 aliphatic heterocycles. The van der Waals surface area contributed by atoms with E-state index >= 15 is 0 Å². The number of carboxylic acid groups (broad SMARTS) is 1. The smallest absolute Gasteiger partial charge is 0.338 e. The van der Waals surface area contributed by atoms with Gasteiger partial charge in [-0.3, -0.25) is 0 Å². The molecule has 20 heavy (non-hydrogen) atoms. The largest absolute Gasteiger partial charge is 0.478 e. The number of alkyl halides is 1. The lowest BCUT2D eigenvalue weighted by Gasteiger charge is -2.08. The van der Waals surface area contributed by atoms with Crippen LogP contribution in [-0.2, 0) is 16.0 Å². The third-order valence-electron chi connectivity index (χ3n) is 2.64. The fourth-order valence-electron chi connectivity index (χ4n) is 1.74. The molecule has 1 rings (SSSR count). The highest BCUT2D eigenvalue weighted by molar-refractivity contribution is 9.09. The molecule has 0 unspecified atom stereocenters. The normalized spacial score (nSPS) is 10.7. The number of esters is 1. The Morgan fingerprint density at radius 3 is 2.75 bits per heavy atom. The lowest BCUT2D eigenvalue weighted by Crippen LogP contribution is -2.05. The summed E-state index contributed by atoms with van der Waals surface area (Å²) in [6.45, 7) is 2.05. The number of carbonyl (C=O) groups excluding carboxylic acids is 1. The molecular formula is C15H17BrO4. The van der Waals surface area contributed by atoms with E-state index in [1.807, 2.05) is 6.07 Å². The Hall–Kier alpha value is -1.62. The van der Waals surface area contributed by atoms with Crippen molar-refractivity contribution in [1.29, 1.82) is 0 Å². The minimum atomic E-state index is -1.02. The van der Waals surface area contributed by atoms with E-state index in [0.29, 0.717) is 12.2 Å². The maximum absolute atomic E-state index is 11.7.